The first kappa shape index (κ1) is 12.7. The van der Waals surface area contributed by atoms with Gasteiger partial charge in [0.05, 0.1) is 10.6 Å². The molecular weight excluding hydrogens is 222 g/mol. The lowest BCUT2D eigenvalue weighted by molar-refractivity contribution is -0.384. The molecule has 0 heterocycles. The van der Waals surface area contributed by atoms with Crippen LogP contribution in [0, 0.1) is 10.1 Å². The Balaban J connectivity index is 2.76. The normalized spacial score (nSPS) is 10.2. The van der Waals surface area contributed by atoms with Crippen LogP contribution >= 0.6 is 0 Å². The number of nitro groups is 1. The van der Waals surface area contributed by atoms with Crippen LogP contribution in [-0.4, -0.2) is 10.8 Å². The van der Waals surface area contributed by atoms with Crippen LogP contribution in [0.3, 0.4) is 0 Å². The van der Waals surface area contributed by atoms with Gasteiger partial charge in [0, 0.05) is 18.2 Å². The number of hydrogen-bond donors (Lipinski definition) is 0. The monoisotopic (exact) mass is 233 g/mol. The van der Waals surface area contributed by atoms with E-state index in [9.17, 15) is 14.9 Å². The summed E-state index contributed by atoms with van der Waals surface area (Å²) in [5, 5.41) is 17.5. The van der Waals surface area contributed by atoms with Gasteiger partial charge in [-0.25, -0.2) is 0 Å². The molecule has 0 aliphatic rings. The van der Waals surface area contributed by atoms with Gasteiger partial charge in [-0.3, -0.25) is 14.9 Å². The number of allylic oxidation sites excluding steroid dienone is 1. The molecule has 1 aromatic carbocycles. The number of carbonyl (C=O) groups excluding carboxylic acids is 1. The van der Waals surface area contributed by atoms with Gasteiger partial charge in [-0.15, -0.1) is 10.2 Å². The van der Waals surface area contributed by atoms with Crippen molar-refractivity contribution < 1.29 is 9.72 Å². The van der Waals surface area contributed by atoms with E-state index in [1.165, 1.54) is 30.3 Å². The molecule has 0 aromatic heterocycles. The molecule has 0 atom stereocenters. The summed E-state index contributed by atoms with van der Waals surface area (Å²) in [7, 11) is 0. The molecule has 1 amide bonds. The second-order valence-corrected chi connectivity index (χ2v) is 3.53. The van der Waals surface area contributed by atoms with E-state index in [-0.39, 0.29) is 5.69 Å². The lowest BCUT2D eigenvalue weighted by atomic mass is 10.3. The first-order valence-corrected chi connectivity index (χ1v) is 4.84. The van der Waals surface area contributed by atoms with E-state index in [1.54, 1.807) is 13.8 Å². The van der Waals surface area contributed by atoms with E-state index < -0.39 is 10.8 Å². The number of non-ortho nitro benzene ring substituents is 1. The van der Waals surface area contributed by atoms with Gasteiger partial charge in [0.25, 0.3) is 11.6 Å². The number of hydrogen-bond acceptors (Lipinski definition) is 4. The summed E-state index contributed by atoms with van der Waals surface area (Å²) in [6, 6.07) is 5.47. The van der Waals surface area contributed by atoms with Gasteiger partial charge in [-0.1, -0.05) is 5.57 Å². The molecule has 88 valence electrons. The highest BCUT2D eigenvalue weighted by molar-refractivity contribution is 5.88. The number of azo groups is 1. The summed E-state index contributed by atoms with van der Waals surface area (Å²) < 4.78 is 0. The molecule has 6 heteroatoms. The van der Waals surface area contributed by atoms with E-state index in [2.05, 4.69) is 10.2 Å². The summed E-state index contributed by atoms with van der Waals surface area (Å²) in [6.07, 6.45) is 1.36. The first-order valence-electron chi connectivity index (χ1n) is 4.84. The van der Waals surface area contributed by atoms with Crippen molar-refractivity contribution in [3.63, 3.8) is 0 Å². The average molecular weight is 233 g/mol. The molecular formula is C11H11N3O3. The molecule has 0 N–H and O–H groups in total. The number of nitrogens with zero attached hydrogens (tertiary/aromatic N) is 3. The van der Waals surface area contributed by atoms with Crippen LogP contribution in [-0.2, 0) is 4.79 Å². The molecule has 0 saturated heterocycles. The van der Waals surface area contributed by atoms with Crippen molar-refractivity contribution in [3.8, 4) is 0 Å². The predicted molar refractivity (Wildman–Crippen MR) is 62.1 cm³/mol. The van der Waals surface area contributed by atoms with Crippen LogP contribution in [0.2, 0.25) is 0 Å². The highest BCUT2D eigenvalue weighted by Crippen LogP contribution is 2.18. The zero-order chi connectivity index (χ0) is 12.8. The van der Waals surface area contributed by atoms with E-state index in [1.807, 2.05) is 0 Å². The fraction of sp³-hybridized carbons (Fsp3) is 0.182. The molecule has 0 unspecified atom stereocenters. The minimum Gasteiger partial charge on any atom is -0.266 e. The van der Waals surface area contributed by atoms with Gasteiger partial charge in [-0.2, -0.15) is 0 Å². The van der Waals surface area contributed by atoms with Gasteiger partial charge in [-0.05, 0) is 26.0 Å². The summed E-state index contributed by atoms with van der Waals surface area (Å²) >= 11 is 0. The third kappa shape index (κ3) is 4.33. The molecule has 0 aliphatic carbocycles. The molecule has 1 aromatic rings. The first-order chi connectivity index (χ1) is 7.99. The maximum absolute atomic E-state index is 11.2. The smallest absolute Gasteiger partial charge is 0.266 e. The van der Waals surface area contributed by atoms with Gasteiger partial charge < -0.3 is 0 Å². The molecule has 0 radical (unpaired) electrons. The Hall–Kier alpha value is -2.37. The third-order valence-electron chi connectivity index (χ3n) is 1.74. The minimum atomic E-state index is -0.505. The molecule has 0 bridgehead atoms. The largest absolute Gasteiger partial charge is 0.288 e. The molecule has 17 heavy (non-hydrogen) atoms. The topological polar surface area (TPSA) is 84.9 Å². The molecule has 0 saturated carbocycles. The van der Waals surface area contributed by atoms with Crippen molar-refractivity contribution >= 4 is 17.3 Å². The van der Waals surface area contributed by atoms with Crippen molar-refractivity contribution in [2.24, 2.45) is 10.2 Å². The summed E-state index contributed by atoms with van der Waals surface area (Å²) in [5.74, 6) is -0.455. The molecule has 6 nitrogen and oxygen atoms in total. The van der Waals surface area contributed by atoms with E-state index >= 15 is 0 Å². The Kier molecular flexibility index (Phi) is 4.21. The number of amides is 1. The molecule has 1 rings (SSSR count). The molecule has 0 aliphatic heterocycles. The average Bonchev–Trinajstić information content (AvgIpc) is 2.26. The zero-order valence-corrected chi connectivity index (χ0v) is 9.45. The van der Waals surface area contributed by atoms with Gasteiger partial charge in [0.1, 0.15) is 0 Å². The molecule has 0 spiro atoms. The Bertz CT molecular complexity index is 485. The Morgan fingerprint density at radius 3 is 2.35 bits per heavy atom. The van der Waals surface area contributed by atoms with Crippen LogP contribution in [0.4, 0.5) is 11.4 Å². The second kappa shape index (κ2) is 5.64. The summed E-state index contributed by atoms with van der Waals surface area (Å²) in [5.41, 5.74) is 1.20. The zero-order valence-electron chi connectivity index (χ0n) is 9.45. The van der Waals surface area contributed by atoms with Gasteiger partial charge in [0.15, 0.2) is 0 Å². The predicted octanol–water partition coefficient (Wildman–Crippen LogP) is 3.17. The van der Waals surface area contributed by atoms with E-state index in [0.717, 1.165) is 5.57 Å². The number of rotatable bonds is 3. The lowest BCUT2D eigenvalue weighted by Crippen LogP contribution is -1.86. The van der Waals surface area contributed by atoms with Crippen molar-refractivity contribution in [2.75, 3.05) is 0 Å². The Morgan fingerprint density at radius 2 is 1.88 bits per heavy atom. The number of nitro benzene ring substituents is 1. The third-order valence-corrected chi connectivity index (χ3v) is 1.74. The van der Waals surface area contributed by atoms with Crippen LogP contribution < -0.4 is 0 Å². The van der Waals surface area contributed by atoms with Crippen molar-refractivity contribution in [2.45, 2.75) is 13.8 Å². The van der Waals surface area contributed by atoms with Gasteiger partial charge >= 0.3 is 0 Å². The summed E-state index contributed by atoms with van der Waals surface area (Å²) in [6.45, 7) is 3.55. The van der Waals surface area contributed by atoms with E-state index in [0.29, 0.717) is 5.69 Å². The second-order valence-electron chi connectivity index (χ2n) is 3.53. The minimum absolute atomic E-state index is 0.0282. The van der Waals surface area contributed by atoms with Crippen LogP contribution in [0.1, 0.15) is 13.8 Å². The quantitative estimate of drug-likeness (QED) is 0.348. The van der Waals surface area contributed by atoms with Crippen molar-refractivity contribution in [1.82, 2.24) is 0 Å². The Morgan fingerprint density at radius 1 is 1.29 bits per heavy atom. The maximum Gasteiger partial charge on any atom is 0.288 e. The fourth-order valence-corrected chi connectivity index (χ4v) is 1.02. The SMILES string of the molecule is CC(C)=CC(=O)N=Nc1ccc([N+](=O)[O-])cc1. The van der Waals surface area contributed by atoms with Crippen LogP contribution in [0.5, 0.6) is 0 Å². The highest BCUT2D eigenvalue weighted by Gasteiger charge is 2.03. The highest BCUT2D eigenvalue weighted by atomic mass is 16.6. The standard InChI is InChI=1S/C11H11N3O3/c1-8(2)7-11(15)13-12-9-3-5-10(6-4-9)14(16)17/h3-7H,1-2H3. The van der Waals surface area contributed by atoms with Crippen molar-refractivity contribution in [3.05, 3.63) is 46.0 Å². The van der Waals surface area contributed by atoms with Crippen LogP contribution in [0.25, 0.3) is 0 Å². The maximum atomic E-state index is 11.2. The summed E-state index contributed by atoms with van der Waals surface area (Å²) in [4.78, 5) is 21.0. The van der Waals surface area contributed by atoms with Gasteiger partial charge in [0.2, 0.25) is 0 Å². The number of carbonyl (C=O) groups is 1. The van der Waals surface area contributed by atoms with Crippen LogP contribution in [0.15, 0.2) is 46.1 Å². The lowest BCUT2D eigenvalue weighted by Gasteiger charge is -1.92. The Labute approximate surface area is 97.8 Å². The van der Waals surface area contributed by atoms with Crippen molar-refractivity contribution in [1.29, 1.82) is 0 Å². The van der Waals surface area contributed by atoms with E-state index in [4.69, 9.17) is 0 Å². The number of benzene rings is 1. The fourth-order valence-electron chi connectivity index (χ4n) is 1.02. The molecule has 0 fully saturated rings.